The number of carbonyl (C=O) groups excluding carboxylic acids is 1. The summed E-state index contributed by atoms with van der Waals surface area (Å²) < 4.78 is 0. The molecule has 7 atom stereocenters. The molecule has 21 heavy (non-hydrogen) atoms. The zero-order valence-corrected chi connectivity index (χ0v) is 13.3. The van der Waals surface area contributed by atoms with E-state index in [1.165, 1.54) is 25.7 Å². The highest BCUT2D eigenvalue weighted by molar-refractivity contribution is 5.97. The number of aliphatic hydroxyl groups is 1. The first-order chi connectivity index (χ1) is 9.95. The highest BCUT2D eigenvalue weighted by Crippen LogP contribution is 2.64. The molecule has 0 radical (unpaired) electrons. The fourth-order valence-electron chi connectivity index (χ4n) is 6.51. The molecule has 4 rings (SSSR count). The molecule has 116 valence electrons. The van der Waals surface area contributed by atoms with Crippen molar-refractivity contribution in [3.05, 3.63) is 12.2 Å². The zero-order chi connectivity index (χ0) is 14.8. The normalized spacial score (nSPS) is 55.8. The molecule has 1 N–H and O–H groups in total. The maximum absolute atomic E-state index is 12.3. The lowest BCUT2D eigenvalue weighted by Crippen LogP contribution is -2.54. The molecule has 4 aliphatic carbocycles. The Balaban J connectivity index is 1.65. The molecule has 3 saturated carbocycles. The van der Waals surface area contributed by atoms with Crippen molar-refractivity contribution in [3.8, 4) is 0 Å². The minimum atomic E-state index is -0.0987. The van der Waals surface area contributed by atoms with Crippen LogP contribution in [0.15, 0.2) is 12.2 Å². The third-order valence-corrected chi connectivity index (χ3v) is 7.91. The molecule has 0 saturated heterocycles. The van der Waals surface area contributed by atoms with Crippen LogP contribution < -0.4 is 0 Å². The summed E-state index contributed by atoms with van der Waals surface area (Å²) in [4.78, 5) is 12.3. The van der Waals surface area contributed by atoms with Gasteiger partial charge in [0.1, 0.15) is 0 Å². The number of aliphatic hydroxyl groups excluding tert-OH is 1. The molecule has 2 heteroatoms. The molecule has 0 amide bonds. The molecule has 2 nitrogen and oxygen atoms in total. The van der Waals surface area contributed by atoms with Gasteiger partial charge in [0, 0.05) is 5.41 Å². The first-order valence-corrected chi connectivity index (χ1v) is 8.86. The van der Waals surface area contributed by atoms with Gasteiger partial charge in [-0.3, -0.25) is 4.79 Å². The predicted octanol–water partition coefficient (Wildman–Crippen LogP) is 3.74. The van der Waals surface area contributed by atoms with Crippen LogP contribution >= 0.6 is 0 Å². The molecule has 0 aromatic rings. The second kappa shape index (κ2) is 4.44. The second-order valence-corrected chi connectivity index (χ2v) is 8.68. The van der Waals surface area contributed by atoms with Gasteiger partial charge in [0.15, 0.2) is 5.78 Å². The monoisotopic (exact) mass is 288 g/mol. The fourth-order valence-corrected chi connectivity index (χ4v) is 6.51. The van der Waals surface area contributed by atoms with E-state index in [2.05, 4.69) is 19.9 Å². The van der Waals surface area contributed by atoms with Crippen molar-refractivity contribution in [1.82, 2.24) is 0 Å². The maximum Gasteiger partial charge on any atom is 0.161 e. The van der Waals surface area contributed by atoms with Crippen molar-refractivity contribution in [2.45, 2.75) is 64.9 Å². The number of rotatable bonds is 0. The van der Waals surface area contributed by atoms with E-state index in [0.29, 0.717) is 29.0 Å². The van der Waals surface area contributed by atoms with Gasteiger partial charge < -0.3 is 5.11 Å². The lowest BCUT2D eigenvalue weighted by molar-refractivity contribution is -0.139. The third kappa shape index (κ3) is 1.78. The Hall–Kier alpha value is -0.630. The van der Waals surface area contributed by atoms with Crippen molar-refractivity contribution in [3.63, 3.8) is 0 Å². The van der Waals surface area contributed by atoms with Gasteiger partial charge in [-0.15, -0.1) is 0 Å². The van der Waals surface area contributed by atoms with Gasteiger partial charge >= 0.3 is 0 Å². The molecule has 0 bridgehead atoms. The first-order valence-electron chi connectivity index (χ1n) is 8.86. The minimum Gasteiger partial charge on any atom is -0.393 e. The molecule has 0 unspecified atom stereocenters. The summed E-state index contributed by atoms with van der Waals surface area (Å²) in [5, 5.41) is 10.0. The summed E-state index contributed by atoms with van der Waals surface area (Å²) in [5.41, 5.74) is 0.307. The SMILES string of the molecule is C[C@]12CC[C@@H](O)C[C@H]1CC[C@@H]1[C@@H]2CC[C@]2(C)C(=O)C=C[C@@H]12. The number of hydrogen-bond acceptors (Lipinski definition) is 2. The van der Waals surface area contributed by atoms with E-state index in [0.717, 1.165) is 25.2 Å². The van der Waals surface area contributed by atoms with E-state index in [9.17, 15) is 9.90 Å². The van der Waals surface area contributed by atoms with E-state index in [1.54, 1.807) is 0 Å². The molecular weight excluding hydrogens is 260 g/mol. The average Bonchev–Trinajstić information content (AvgIpc) is 2.76. The van der Waals surface area contributed by atoms with Gasteiger partial charge in [-0.2, -0.15) is 0 Å². The van der Waals surface area contributed by atoms with Gasteiger partial charge in [-0.25, -0.2) is 0 Å². The summed E-state index contributed by atoms with van der Waals surface area (Å²) in [7, 11) is 0. The van der Waals surface area contributed by atoms with Crippen molar-refractivity contribution in [2.75, 3.05) is 0 Å². The van der Waals surface area contributed by atoms with Crippen LogP contribution in [0.2, 0.25) is 0 Å². The molecular formula is C19H28O2. The van der Waals surface area contributed by atoms with Gasteiger partial charge in [0.25, 0.3) is 0 Å². The Morgan fingerprint density at radius 3 is 2.76 bits per heavy atom. The zero-order valence-electron chi connectivity index (χ0n) is 13.3. The smallest absolute Gasteiger partial charge is 0.161 e. The highest BCUT2D eigenvalue weighted by Gasteiger charge is 2.58. The topological polar surface area (TPSA) is 37.3 Å². The number of fused-ring (bicyclic) bond motifs is 5. The maximum atomic E-state index is 12.3. The Morgan fingerprint density at radius 1 is 1.14 bits per heavy atom. The van der Waals surface area contributed by atoms with E-state index in [4.69, 9.17) is 0 Å². The fraction of sp³-hybridized carbons (Fsp3) is 0.842. The van der Waals surface area contributed by atoms with Gasteiger partial charge in [-0.05, 0) is 80.1 Å². The number of ketones is 1. The number of allylic oxidation sites excluding steroid dienone is 2. The standard InChI is InChI=1S/C19H28O2/c1-18-9-7-13(20)11-12(18)3-4-14-15-5-6-17(21)19(15,2)10-8-16(14)18/h5-6,12-16,20H,3-4,7-11H2,1-2H3/t12-,13-,14+,15+,16+,18+,19+/m1/s1. The molecule has 0 aromatic carbocycles. The molecule has 0 spiro atoms. The van der Waals surface area contributed by atoms with Crippen LogP contribution in [-0.2, 0) is 4.79 Å². The van der Waals surface area contributed by atoms with Crippen LogP contribution in [0, 0.1) is 34.5 Å². The van der Waals surface area contributed by atoms with Crippen LogP contribution in [0.3, 0.4) is 0 Å². The largest absolute Gasteiger partial charge is 0.393 e. The number of hydrogen-bond donors (Lipinski definition) is 1. The first kappa shape index (κ1) is 14.0. The van der Waals surface area contributed by atoms with E-state index >= 15 is 0 Å². The van der Waals surface area contributed by atoms with Crippen molar-refractivity contribution in [2.24, 2.45) is 34.5 Å². The van der Waals surface area contributed by atoms with Gasteiger partial charge in [0.05, 0.1) is 6.10 Å². The molecule has 3 fully saturated rings. The highest BCUT2D eigenvalue weighted by atomic mass is 16.3. The predicted molar refractivity (Wildman–Crippen MR) is 82.6 cm³/mol. The quantitative estimate of drug-likeness (QED) is 0.737. The van der Waals surface area contributed by atoms with Crippen LogP contribution in [0.5, 0.6) is 0 Å². The second-order valence-electron chi connectivity index (χ2n) is 8.68. The average molecular weight is 288 g/mol. The van der Waals surface area contributed by atoms with E-state index in [1.807, 2.05) is 6.08 Å². The lowest BCUT2D eigenvalue weighted by atomic mass is 9.45. The van der Waals surface area contributed by atoms with Crippen LogP contribution in [0.1, 0.15) is 58.8 Å². The van der Waals surface area contributed by atoms with Crippen LogP contribution in [-0.4, -0.2) is 17.0 Å². The molecule has 4 aliphatic rings. The van der Waals surface area contributed by atoms with Crippen LogP contribution in [0.25, 0.3) is 0 Å². The molecule has 0 heterocycles. The van der Waals surface area contributed by atoms with E-state index < -0.39 is 0 Å². The summed E-state index contributed by atoms with van der Waals surface area (Å²) in [6.45, 7) is 4.69. The van der Waals surface area contributed by atoms with Gasteiger partial charge in [-0.1, -0.05) is 19.9 Å². The summed E-state index contributed by atoms with van der Waals surface area (Å²) in [5.74, 6) is 3.01. The number of carbonyl (C=O) groups is 1. The Kier molecular flexibility index (Phi) is 2.96. The summed E-state index contributed by atoms with van der Waals surface area (Å²) in [6, 6.07) is 0. The molecule has 0 aromatic heterocycles. The Labute approximate surface area is 128 Å². The third-order valence-electron chi connectivity index (χ3n) is 7.91. The van der Waals surface area contributed by atoms with Crippen molar-refractivity contribution < 1.29 is 9.90 Å². The lowest BCUT2D eigenvalue weighted by Gasteiger charge is -2.59. The van der Waals surface area contributed by atoms with Gasteiger partial charge in [0.2, 0.25) is 0 Å². The van der Waals surface area contributed by atoms with Crippen molar-refractivity contribution in [1.29, 1.82) is 0 Å². The summed E-state index contributed by atoms with van der Waals surface area (Å²) >= 11 is 0. The van der Waals surface area contributed by atoms with Crippen LogP contribution in [0.4, 0.5) is 0 Å². The Bertz CT molecular complexity index is 496. The Morgan fingerprint density at radius 2 is 1.95 bits per heavy atom. The summed E-state index contributed by atoms with van der Waals surface area (Å²) in [6.07, 6.45) is 12.0. The minimum absolute atomic E-state index is 0.0681. The van der Waals surface area contributed by atoms with Crippen molar-refractivity contribution >= 4 is 5.78 Å². The van der Waals surface area contributed by atoms with E-state index in [-0.39, 0.29) is 11.5 Å². The molecule has 0 aliphatic heterocycles.